The highest BCUT2D eigenvalue weighted by Gasteiger charge is 2.19. The lowest BCUT2D eigenvalue weighted by Gasteiger charge is -1.96. The quantitative estimate of drug-likeness (QED) is 0.480. The number of hydrogen-bond acceptors (Lipinski definition) is 1. The second-order valence-corrected chi connectivity index (χ2v) is 2.78. The van der Waals surface area contributed by atoms with Gasteiger partial charge in [0.1, 0.15) is 0 Å². The van der Waals surface area contributed by atoms with Crippen molar-refractivity contribution in [3.05, 3.63) is 12.2 Å². The van der Waals surface area contributed by atoms with Crippen molar-refractivity contribution in [3.8, 4) is 0 Å². The summed E-state index contributed by atoms with van der Waals surface area (Å²) in [6.45, 7) is 0.827. The Labute approximate surface area is 65.5 Å². The van der Waals surface area contributed by atoms with Gasteiger partial charge in [0.25, 0.3) is 6.43 Å². The molecule has 1 saturated carbocycles. The predicted octanol–water partition coefficient (Wildman–Crippen LogP) is 1.95. The van der Waals surface area contributed by atoms with Crippen LogP contribution in [0, 0.1) is 0 Å². The van der Waals surface area contributed by atoms with E-state index in [4.69, 9.17) is 0 Å². The van der Waals surface area contributed by atoms with E-state index in [1.807, 2.05) is 0 Å². The number of hydrogen-bond donors (Lipinski definition) is 1. The van der Waals surface area contributed by atoms with E-state index in [-0.39, 0.29) is 0 Å². The van der Waals surface area contributed by atoms with E-state index < -0.39 is 6.43 Å². The van der Waals surface area contributed by atoms with E-state index in [0.717, 1.165) is 12.6 Å². The van der Waals surface area contributed by atoms with Gasteiger partial charge in [-0.05, 0) is 31.9 Å². The van der Waals surface area contributed by atoms with Crippen LogP contribution in [0.4, 0.5) is 8.78 Å². The van der Waals surface area contributed by atoms with E-state index in [2.05, 4.69) is 5.32 Å². The maximum Gasteiger partial charge on any atom is 0.257 e. The van der Waals surface area contributed by atoms with Gasteiger partial charge in [-0.1, -0.05) is 6.08 Å². The smallest absolute Gasteiger partial charge is 0.257 e. The van der Waals surface area contributed by atoms with E-state index in [0.29, 0.717) is 12.5 Å². The maximum atomic E-state index is 11.5. The lowest BCUT2D eigenvalue weighted by atomic mass is 10.3. The number of allylic oxidation sites excluding steroid dienone is 1. The van der Waals surface area contributed by atoms with Crippen LogP contribution < -0.4 is 5.32 Å². The molecule has 0 unspecified atom stereocenters. The Hall–Kier alpha value is -0.440. The molecule has 0 aromatic carbocycles. The summed E-state index contributed by atoms with van der Waals surface area (Å²) in [6.07, 6.45) is 3.38. The van der Waals surface area contributed by atoms with Crippen molar-refractivity contribution >= 4 is 0 Å². The molecule has 64 valence electrons. The average molecular weight is 161 g/mol. The van der Waals surface area contributed by atoms with Crippen molar-refractivity contribution in [2.75, 3.05) is 6.54 Å². The minimum absolute atomic E-state index is 0.676. The first-order chi connectivity index (χ1) is 5.29. The van der Waals surface area contributed by atoms with Crippen molar-refractivity contribution in [2.24, 2.45) is 0 Å². The molecule has 1 aliphatic rings. The average Bonchev–Trinajstić information content (AvgIpc) is 2.70. The summed E-state index contributed by atoms with van der Waals surface area (Å²) in [6, 6.07) is 0.676. The Morgan fingerprint density at radius 3 is 2.73 bits per heavy atom. The largest absolute Gasteiger partial charge is 0.314 e. The highest BCUT2D eigenvalue weighted by molar-refractivity contribution is 4.86. The first-order valence-electron chi connectivity index (χ1n) is 3.97. The highest BCUT2D eigenvalue weighted by atomic mass is 19.3. The Morgan fingerprint density at radius 2 is 2.18 bits per heavy atom. The number of halogens is 2. The summed E-state index contributed by atoms with van der Waals surface area (Å²) >= 11 is 0. The molecule has 0 atom stereocenters. The summed E-state index contributed by atoms with van der Waals surface area (Å²) in [5.41, 5.74) is 0. The molecule has 1 aliphatic carbocycles. The molecule has 0 amide bonds. The van der Waals surface area contributed by atoms with E-state index in [1.165, 1.54) is 18.9 Å². The molecule has 0 aromatic rings. The fraction of sp³-hybridized carbons (Fsp3) is 0.750. The third kappa shape index (κ3) is 4.90. The molecular weight excluding hydrogens is 148 g/mol. The van der Waals surface area contributed by atoms with Gasteiger partial charge in [0, 0.05) is 6.04 Å². The van der Waals surface area contributed by atoms with Crippen molar-refractivity contribution < 1.29 is 8.78 Å². The van der Waals surface area contributed by atoms with Crippen LogP contribution >= 0.6 is 0 Å². The molecular formula is C8H13F2N. The van der Waals surface area contributed by atoms with Gasteiger partial charge in [-0.2, -0.15) is 0 Å². The van der Waals surface area contributed by atoms with E-state index in [1.54, 1.807) is 0 Å². The zero-order valence-electron chi connectivity index (χ0n) is 6.39. The van der Waals surface area contributed by atoms with Gasteiger partial charge in [0.05, 0.1) is 0 Å². The third-order valence-corrected chi connectivity index (χ3v) is 1.60. The molecule has 0 aromatic heterocycles. The molecule has 3 heteroatoms. The lowest BCUT2D eigenvalue weighted by molar-refractivity contribution is 0.204. The van der Waals surface area contributed by atoms with Gasteiger partial charge in [-0.3, -0.25) is 0 Å². The molecule has 0 bridgehead atoms. The van der Waals surface area contributed by atoms with Crippen LogP contribution in [0.2, 0.25) is 0 Å². The topological polar surface area (TPSA) is 12.0 Å². The number of alkyl halides is 2. The van der Waals surface area contributed by atoms with Crippen LogP contribution in [0.25, 0.3) is 0 Å². The summed E-state index contributed by atoms with van der Waals surface area (Å²) in [4.78, 5) is 0. The van der Waals surface area contributed by atoms with Crippen molar-refractivity contribution in [1.82, 2.24) is 5.32 Å². The predicted molar refractivity (Wildman–Crippen MR) is 40.8 cm³/mol. The van der Waals surface area contributed by atoms with Crippen molar-refractivity contribution in [3.63, 3.8) is 0 Å². The standard InChI is InChI=1S/C8H13F2N/c9-8(10)3-1-2-6-11-7-4-5-7/h1,3,7-8,11H,2,4-6H2/b3-1+. The molecule has 0 aliphatic heterocycles. The summed E-state index contributed by atoms with van der Waals surface area (Å²) in [5.74, 6) is 0. The molecule has 0 saturated heterocycles. The Balaban J connectivity index is 1.86. The monoisotopic (exact) mass is 161 g/mol. The second kappa shape index (κ2) is 4.44. The van der Waals surface area contributed by atoms with Crippen LogP contribution in [-0.4, -0.2) is 19.0 Å². The van der Waals surface area contributed by atoms with Crippen LogP contribution in [0.3, 0.4) is 0 Å². The molecule has 1 fully saturated rings. The molecule has 1 N–H and O–H groups in total. The van der Waals surface area contributed by atoms with Crippen LogP contribution in [0.15, 0.2) is 12.2 Å². The molecule has 0 spiro atoms. The number of rotatable bonds is 5. The van der Waals surface area contributed by atoms with Crippen LogP contribution in [0.1, 0.15) is 19.3 Å². The van der Waals surface area contributed by atoms with E-state index in [9.17, 15) is 8.78 Å². The molecule has 11 heavy (non-hydrogen) atoms. The van der Waals surface area contributed by atoms with Crippen molar-refractivity contribution in [1.29, 1.82) is 0 Å². The fourth-order valence-corrected chi connectivity index (χ4v) is 0.857. The molecule has 1 nitrogen and oxygen atoms in total. The van der Waals surface area contributed by atoms with Crippen LogP contribution in [-0.2, 0) is 0 Å². The Kier molecular flexibility index (Phi) is 3.49. The number of nitrogens with one attached hydrogen (secondary N) is 1. The Morgan fingerprint density at radius 1 is 1.45 bits per heavy atom. The summed E-state index contributed by atoms with van der Waals surface area (Å²) in [5, 5.41) is 3.23. The molecule has 1 rings (SSSR count). The van der Waals surface area contributed by atoms with Gasteiger partial charge in [0.15, 0.2) is 0 Å². The van der Waals surface area contributed by atoms with Gasteiger partial charge in [-0.15, -0.1) is 0 Å². The Bertz CT molecular complexity index is 130. The zero-order chi connectivity index (χ0) is 8.10. The zero-order valence-corrected chi connectivity index (χ0v) is 6.39. The van der Waals surface area contributed by atoms with E-state index >= 15 is 0 Å². The minimum atomic E-state index is -2.30. The second-order valence-electron chi connectivity index (χ2n) is 2.78. The third-order valence-electron chi connectivity index (χ3n) is 1.60. The first kappa shape index (κ1) is 8.65. The SMILES string of the molecule is FC(F)/C=C/CCNC1CC1. The van der Waals surface area contributed by atoms with Gasteiger partial charge < -0.3 is 5.32 Å². The van der Waals surface area contributed by atoms with Crippen LogP contribution in [0.5, 0.6) is 0 Å². The van der Waals surface area contributed by atoms with Gasteiger partial charge >= 0.3 is 0 Å². The van der Waals surface area contributed by atoms with Gasteiger partial charge in [-0.25, -0.2) is 8.78 Å². The molecule has 0 radical (unpaired) electrons. The normalized spacial score (nSPS) is 18.5. The lowest BCUT2D eigenvalue weighted by Crippen LogP contribution is -2.16. The first-order valence-corrected chi connectivity index (χ1v) is 3.97. The van der Waals surface area contributed by atoms with Crippen molar-refractivity contribution in [2.45, 2.75) is 31.7 Å². The molecule has 0 heterocycles. The highest BCUT2D eigenvalue weighted by Crippen LogP contribution is 2.18. The summed E-state index contributed by atoms with van der Waals surface area (Å²) in [7, 11) is 0. The maximum absolute atomic E-state index is 11.5. The summed E-state index contributed by atoms with van der Waals surface area (Å²) < 4.78 is 23.1. The minimum Gasteiger partial charge on any atom is -0.314 e. The van der Waals surface area contributed by atoms with Gasteiger partial charge in [0.2, 0.25) is 0 Å². The fourth-order valence-electron chi connectivity index (χ4n) is 0.857.